The fourth-order valence-electron chi connectivity index (χ4n) is 1.78. The molecule has 1 atom stereocenters. The van der Waals surface area contributed by atoms with Crippen molar-refractivity contribution in [3.63, 3.8) is 0 Å². The van der Waals surface area contributed by atoms with Gasteiger partial charge in [0.1, 0.15) is 0 Å². The molecular formula is C13H18BrNO2S. The van der Waals surface area contributed by atoms with E-state index < -0.39 is 0 Å². The summed E-state index contributed by atoms with van der Waals surface area (Å²) in [6, 6.07) is 4.54. The molecule has 1 heterocycles. The van der Waals surface area contributed by atoms with E-state index in [1.807, 2.05) is 23.9 Å². The molecule has 1 unspecified atom stereocenters. The van der Waals surface area contributed by atoms with Gasteiger partial charge in [-0.2, -0.15) is 11.8 Å². The van der Waals surface area contributed by atoms with Crippen molar-refractivity contribution in [3.8, 4) is 11.5 Å². The minimum atomic E-state index is 0.322. The van der Waals surface area contributed by atoms with Crippen LogP contribution in [0.4, 0.5) is 0 Å². The van der Waals surface area contributed by atoms with E-state index in [9.17, 15) is 0 Å². The SMILES string of the molecule is CSCCC(C)NCc1cc2c(cc1Br)OCO2. The summed E-state index contributed by atoms with van der Waals surface area (Å²) in [5.74, 6) is 2.85. The van der Waals surface area contributed by atoms with Crippen molar-refractivity contribution in [1.29, 1.82) is 0 Å². The summed E-state index contributed by atoms with van der Waals surface area (Å²) in [5.41, 5.74) is 1.20. The maximum atomic E-state index is 5.39. The van der Waals surface area contributed by atoms with Gasteiger partial charge in [-0.3, -0.25) is 0 Å². The topological polar surface area (TPSA) is 30.5 Å². The first-order valence-corrected chi connectivity index (χ1v) is 8.19. The Morgan fingerprint density at radius 2 is 2.11 bits per heavy atom. The van der Waals surface area contributed by atoms with Crippen LogP contribution in [0.5, 0.6) is 11.5 Å². The van der Waals surface area contributed by atoms with Gasteiger partial charge in [0, 0.05) is 17.1 Å². The van der Waals surface area contributed by atoms with E-state index in [0.29, 0.717) is 12.8 Å². The quantitative estimate of drug-likeness (QED) is 0.865. The molecule has 1 aromatic carbocycles. The Kier molecular flexibility index (Phi) is 5.21. The highest BCUT2D eigenvalue weighted by atomic mass is 79.9. The Morgan fingerprint density at radius 1 is 1.39 bits per heavy atom. The Bertz CT molecular complexity index is 414. The van der Waals surface area contributed by atoms with Crippen LogP contribution in [-0.2, 0) is 6.54 Å². The largest absolute Gasteiger partial charge is 0.454 e. The fraction of sp³-hybridized carbons (Fsp3) is 0.538. The van der Waals surface area contributed by atoms with Gasteiger partial charge in [-0.1, -0.05) is 15.9 Å². The van der Waals surface area contributed by atoms with E-state index in [4.69, 9.17) is 9.47 Å². The molecule has 0 amide bonds. The molecule has 1 aliphatic rings. The van der Waals surface area contributed by atoms with Gasteiger partial charge in [0.25, 0.3) is 0 Å². The highest BCUT2D eigenvalue weighted by Gasteiger charge is 2.16. The molecule has 0 aromatic heterocycles. The number of rotatable bonds is 6. The van der Waals surface area contributed by atoms with Gasteiger partial charge >= 0.3 is 0 Å². The first-order chi connectivity index (χ1) is 8.70. The monoisotopic (exact) mass is 331 g/mol. The minimum Gasteiger partial charge on any atom is -0.454 e. The average Bonchev–Trinajstić information content (AvgIpc) is 2.80. The molecule has 0 radical (unpaired) electrons. The second kappa shape index (κ2) is 6.68. The van der Waals surface area contributed by atoms with Crippen molar-refractivity contribution < 1.29 is 9.47 Å². The van der Waals surface area contributed by atoms with Crippen molar-refractivity contribution >= 4 is 27.7 Å². The molecule has 18 heavy (non-hydrogen) atoms. The number of thioether (sulfide) groups is 1. The predicted octanol–water partition coefficient (Wildman–Crippen LogP) is 3.41. The van der Waals surface area contributed by atoms with E-state index in [1.165, 1.54) is 17.7 Å². The molecule has 0 saturated carbocycles. The highest BCUT2D eigenvalue weighted by molar-refractivity contribution is 9.10. The predicted molar refractivity (Wildman–Crippen MR) is 79.6 cm³/mol. The van der Waals surface area contributed by atoms with E-state index in [0.717, 1.165) is 22.5 Å². The molecule has 0 saturated heterocycles. The lowest BCUT2D eigenvalue weighted by Gasteiger charge is -2.14. The van der Waals surface area contributed by atoms with Gasteiger partial charge in [0.15, 0.2) is 11.5 Å². The van der Waals surface area contributed by atoms with Gasteiger partial charge in [0.2, 0.25) is 6.79 Å². The third-order valence-electron chi connectivity index (χ3n) is 2.94. The lowest BCUT2D eigenvalue weighted by molar-refractivity contribution is 0.174. The molecule has 2 rings (SSSR count). The van der Waals surface area contributed by atoms with Crippen LogP contribution in [0.2, 0.25) is 0 Å². The van der Waals surface area contributed by atoms with E-state index >= 15 is 0 Å². The summed E-state index contributed by atoms with van der Waals surface area (Å²) >= 11 is 5.46. The fourth-order valence-corrected chi connectivity index (χ4v) is 2.83. The molecule has 1 N–H and O–H groups in total. The van der Waals surface area contributed by atoms with Crippen LogP contribution < -0.4 is 14.8 Å². The molecule has 100 valence electrons. The molecule has 0 fully saturated rings. The van der Waals surface area contributed by atoms with Gasteiger partial charge < -0.3 is 14.8 Å². The summed E-state index contributed by atoms with van der Waals surface area (Å²) in [7, 11) is 0. The molecule has 0 aliphatic carbocycles. The van der Waals surface area contributed by atoms with E-state index in [1.54, 1.807) is 0 Å². The van der Waals surface area contributed by atoms with E-state index in [-0.39, 0.29) is 0 Å². The van der Waals surface area contributed by atoms with Crippen molar-refractivity contribution in [3.05, 3.63) is 22.2 Å². The number of ether oxygens (including phenoxy) is 2. The molecule has 5 heteroatoms. The summed E-state index contributed by atoms with van der Waals surface area (Å²) < 4.78 is 11.8. The number of hydrogen-bond donors (Lipinski definition) is 1. The zero-order chi connectivity index (χ0) is 13.0. The normalized spacial score (nSPS) is 14.8. The Morgan fingerprint density at radius 3 is 2.83 bits per heavy atom. The summed E-state index contributed by atoms with van der Waals surface area (Å²) in [5, 5.41) is 3.53. The van der Waals surface area contributed by atoms with Crippen LogP contribution in [0.1, 0.15) is 18.9 Å². The first kappa shape index (κ1) is 14.0. The molecule has 3 nitrogen and oxygen atoms in total. The lowest BCUT2D eigenvalue weighted by Crippen LogP contribution is -2.26. The molecule has 1 aliphatic heterocycles. The number of benzene rings is 1. The number of halogens is 1. The van der Waals surface area contributed by atoms with Crippen LogP contribution in [0.25, 0.3) is 0 Å². The van der Waals surface area contributed by atoms with Crippen LogP contribution >= 0.6 is 27.7 Å². The second-order valence-electron chi connectivity index (χ2n) is 4.36. The minimum absolute atomic E-state index is 0.322. The maximum absolute atomic E-state index is 5.39. The molecule has 0 spiro atoms. The smallest absolute Gasteiger partial charge is 0.231 e. The van der Waals surface area contributed by atoms with Gasteiger partial charge in [-0.15, -0.1) is 0 Å². The number of hydrogen-bond acceptors (Lipinski definition) is 4. The Hall–Kier alpha value is -0.390. The molecule has 1 aromatic rings. The molecule has 0 bridgehead atoms. The average molecular weight is 332 g/mol. The first-order valence-electron chi connectivity index (χ1n) is 6.01. The Labute approximate surface area is 121 Å². The summed E-state index contributed by atoms with van der Waals surface area (Å²) in [6.45, 7) is 3.38. The second-order valence-corrected chi connectivity index (χ2v) is 6.20. The van der Waals surface area contributed by atoms with E-state index in [2.05, 4.69) is 34.4 Å². The summed E-state index contributed by atoms with van der Waals surface area (Å²) in [6.07, 6.45) is 3.32. The number of fused-ring (bicyclic) bond motifs is 1. The van der Waals surface area contributed by atoms with Crippen molar-refractivity contribution in [2.24, 2.45) is 0 Å². The zero-order valence-corrected chi connectivity index (χ0v) is 13.1. The standard InChI is InChI=1S/C13H18BrNO2S/c1-9(3-4-18-2)15-7-10-5-12-13(6-11(10)14)17-8-16-12/h5-6,9,15H,3-4,7-8H2,1-2H3. The van der Waals surface area contributed by atoms with Crippen molar-refractivity contribution in [2.45, 2.75) is 25.9 Å². The van der Waals surface area contributed by atoms with Crippen LogP contribution in [-0.4, -0.2) is 24.8 Å². The van der Waals surface area contributed by atoms with Gasteiger partial charge in [-0.25, -0.2) is 0 Å². The van der Waals surface area contributed by atoms with Crippen molar-refractivity contribution in [1.82, 2.24) is 5.32 Å². The lowest BCUT2D eigenvalue weighted by atomic mass is 10.2. The van der Waals surface area contributed by atoms with Crippen LogP contribution in [0, 0.1) is 0 Å². The highest BCUT2D eigenvalue weighted by Crippen LogP contribution is 2.36. The van der Waals surface area contributed by atoms with Gasteiger partial charge in [-0.05, 0) is 43.0 Å². The van der Waals surface area contributed by atoms with Crippen molar-refractivity contribution in [2.75, 3.05) is 18.8 Å². The number of nitrogens with one attached hydrogen (secondary N) is 1. The molecular weight excluding hydrogens is 314 g/mol. The third kappa shape index (κ3) is 3.56. The van der Waals surface area contributed by atoms with Crippen LogP contribution in [0.3, 0.4) is 0 Å². The third-order valence-corrected chi connectivity index (χ3v) is 4.32. The van der Waals surface area contributed by atoms with Crippen LogP contribution in [0.15, 0.2) is 16.6 Å². The summed E-state index contributed by atoms with van der Waals surface area (Å²) in [4.78, 5) is 0. The maximum Gasteiger partial charge on any atom is 0.231 e. The zero-order valence-electron chi connectivity index (χ0n) is 10.7. The van der Waals surface area contributed by atoms with Gasteiger partial charge in [0.05, 0.1) is 0 Å². The Balaban J connectivity index is 1.93.